The Morgan fingerprint density at radius 1 is 1.22 bits per heavy atom. The van der Waals surface area contributed by atoms with Gasteiger partial charge in [0.25, 0.3) is 0 Å². The summed E-state index contributed by atoms with van der Waals surface area (Å²) in [6.07, 6.45) is 0. The first-order valence-corrected chi connectivity index (χ1v) is 6.37. The molecular formula is C15H24N2O. The quantitative estimate of drug-likeness (QED) is 0.817. The minimum atomic E-state index is 0.146. The van der Waals surface area contributed by atoms with E-state index in [0.29, 0.717) is 6.54 Å². The van der Waals surface area contributed by atoms with Gasteiger partial charge in [-0.25, -0.2) is 0 Å². The van der Waals surface area contributed by atoms with Crippen LogP contribution in [0.5, 0.6) is 0 Å². The Morgan fingerprint density at radius 3 is 2.33 bits per heavy atom. The highest BCUT2D eigenvalue weighted by atomic mass is 16.2. The van der Waals surface area contributed by atoms with Crippen molar-refractivity contribution in [3.05, 3.63) is 29.3 Å². The molecular weight excluding hydrogens is 224 g/mol. The maximum atomic E-state index is 12.0. The Balaban J connectivity index is 2.76. The maximum absolute atomic E-state index is 12.0. The largest absolute Gasteiger partial charge is 0.365 e. The van der Waals surface area contributed by atoms with E-state index in [2.05, 4.69) is 32.0 Å². The molecule has 0 saturated carbocycles. The fourth-order valence-corrected chi connectivity index (χ4v) is 1.92. The molecule has 100 valence electrons. The van der Waals surface area contributed by atoms with Crippen molar-refractivity contribution in [3.8, 4) is 0 Å². The van der Waals surface area contributed by atoms with E-state index in [1.165, 1.54) is 11.1 Å². The van der Waals surface area contributed by atoms with E-state index in [0.717, 1.165) is 5.69 Å². The highest BCUT2D eigenvalue weighted by molar-refractivity contribution is 5.81. The van der Waals surface area contributed by atoms with Crippen LogP contribution in [0.4, 0.5) is 5.69 Å². The van der Waals surface area contributed by atoms with E-state index >= 15 is 0 Å². The molecule has 3 heteroatoms. The molecule has 0 bridgehead atoms. The van der Waals surface area contributed by atoms with Gasteiger partial charge in [-0.15, -0.1) is 0 Å². The van der Waals surface area contributed by atoms with Gasteiger partial charge < -0.3 is 9.80 Å². The summed E-state index contributed by atoms with van der Waals surface area (Å²) in [7, 11) is 3.81. The zero-order chi connectivity index (χ0) is 13.9. The summed E-state index contributed by atoms with van der Waals surface area (Å²) in [6.45, 7) is 8.62. The zero-order valence-electron chi connectivity index (χ0n) is 12.3. The summed E-state index contributed by atoms with van der Waals surface area (Å²) in [5.74, 6) is 0.146. The van der Waals surface area contributed by atoms with Crippen LogP contribution in [-0.4, -0.2) is 37.5 Å². The van der Waals surface area contributed by atoms with Crippen LogP contribution in [0.2, 0.25) is 0 Å². The normalized spacial score (nSPS) is 10.6. The lowest BCUT2D eigenvalue weighted by atomic mass is 10.1. The number of carbonyl (C=O) groups is 1. The number of hydrogen-bond donors (Lipinski definition) is 0. The molecule has 0 aliphatic carbocycles. The molecule has 0 atom stereocenters. The predicted molar refractivity (Wildman–Crippen MR) is 77.1 cm³/mol. The van der Waals surface area contributed by atoms with Crippen molar-refractivity contribution in [2.45, 2.75) is 33.7 Å². The standard InChI is InChI=1S/C15H24N2O/c1-11(2)17(6)15(18)10-16(5)14-8-7-12(3)9-13(14)4/h7-9,11H,10H2,1-6H3. The van der Waals surface area contributed by atoms with Crippen molar-refractivity contribution in [3.63, 3.8) is 0 Å². The Bertz CT molecular complexity index is 427. The number of amides is 1. The molecule has 0 unspecified atom stereocenters. The first kappa shape index (κ1) is 14.6. The number of rotatable bonds is 4. The van der Waals surface area contributed by atoms with Crippen LogP contribution in [0.3, 0.4) is 0 Å². The number of aryl methyl sites for hydroxylation is 2. The zero-order valence-corrected chi connectivity index (χ0v) is 12.3. The van der Waals surface area contributed by atoms with Crippen molar-refractivity contribution in [2.24, 2.45) is 0 Å². The average Bonchev–Trinajstić information content (AvgIpc) is 2.27. The number of carbonyl (C=O) groups excluding carboxylic acids is 1. The van der Waals surface area contributed by atoms with Crippen molar-refractivity contribution in [1.82, 2.24) is 4.90 Å². The summed E-state index contributed by atoms with van der Waals surface area (Å²) in [6, 6.07) is 6.54. The molecule has 1 rings (SSSR count). The molecule has 3 nitrogen and oxygen atoms in total. The van der Waals surface area contributed by atoms with E-state index < -0.39 is 0 Å². The fraction of sp³-hybridized carbons (Fsp3) is 0.533. The van der Waals surface area contributed by atoms with Gasteiger partial charge in [0.05, 0.1) is 6.54 Å². The number of benzene rings is 1. The number of nitrogens with zero attached hydrogens (tertiary/aromatic N) is 2. The lowest BCUT2D eigenvalue weighted by Crippen LogP contribution is -2.40. The number of anilines is 1. The van der Waals surface area contributed by atoms with E-state index in [1.807, 2.05) is 32.8 Å². The van der Waals surface area contributed by atoms with Crippen LogP contribution in [-0.2, 0) is 4.79 Å². The first-order valence-electron chi connectivity index (χ1n) is 6.37. The summed E-state index contributed by atoms with van der Waals surface area (Å²) >= 11 is 0. The molecule has 0 saturated heterocycles. The van der Waals surface area contributed by atoms with E-state index in [9.17, 15) is 4.79 Å². The van der Waals surface area contributed by atoms with Crippen LogP contribution >= 0.6 is 0 Å². The summed E-state index contributed by atoms with van der Waals surface area (Å²) in [5, 5.41) is 0. The molecule has 1 amide bonds. The fourth-order valence-electron chi connectivity index (χ4n) is 1.92. The van der Waals surface area contributed by atoms with Crippen molar-refractivity contribution in [1.29, 1.82) is 0 Å². The molecule has 18 heavy (non-hydrogen) atoms. The minimum Gasteiger partial charge on any atom is -0.365 e. The average molecular weight is 248 g/mol. The number of hydrogen-bond acceptors (Lipinski definition) is 2. The summed E-state index contributed by atoms with van der Waals surface area (Å²) in [5.41, 5.74) is 3.57. The highest BCUT2D eigenvalue weighted by Gasteiger charge is 2.15. The molecule has 0 aliphatic heterocycles. The van der Waals surface area contributed by atoms with Gasteiger partial charge in [0.2, 0.25) is 5.91 Å². The predicted octanol–water partition coefficient (Wildman–Crippen LogP) is 2.61. The second-order valence-electron chi connectivity index (χ2n) is 5.24. The lowest BCUT2D eigenvalue weighted by molar-refractivity contribution is -0.129. The van der Waals surface area contributed by atoms with Gasteiger partial charge in [-0.3, -0.25) is 4.79 Å². The van der Waals surface area contributed by atoms with E-state index in [-0.39, 0.29) is 11.9 Å². The molecule has 0 heterocycles. The van der Waals surface area contributed by atoms with Gasteiger partial charge >= 0.3 is 0 Å². The van der Waals surface area contributed by atoms with Gasteiger partial charge in [0.15, 0.2) is 0 Å². The molecule has 0 spiro atoms. The Kier molecular flexibility index (Phi) is 4.76. The maximum Gasteiger partial charge on any atom is 0.242 e. The lowest BCUT2D eigenvalue weighted by Gasteiger charge is -2.26. The van der Waals surface area contributed by atoms with E-state index in [1.54, 1.807) is 4.90 Å². The van der Waals surface area contributed by atoms with E-state index in [4.69, 9.17) is 0 Å². The molecule has 1 aromatic carbocycles. The third-order valence-electron chi connectivity index (χ3n) is 3.30. The van der Waals surface area contributed by atoms with Crippen LogP contribution in [0, 0.1) is 13.8 Å². The van der Waals surface area contributed by atoms with Crippen molar-refractivity contribution >= 4 is 11.6 Å². The van der Waals surface area contributed by atoms with Gasteiger partial charge in [-0.2, -0.15) is 0 Å². The number of likely N-dealkylation sites (N-methyl/N-ethyl adjacent to an activating group) is 2. The van der Waals surface area contributed by atoms with Gasteiger partial charge in [0, 0.05) is 25.8 Å². The highest BCUT2D eigenvalue weighted by Crippen LogP contribution is 2.19. The van der Waals surface area contributed by atoms with Crippen molar-refractivity contribution < 1.29 is 4.79 Å². The third-order valence-corrected chi connectivity index (χ3v) is 3.30. The minimum absolute atomic E-state index is 0.146. The Hall–Kier alpha value is -1.51. The third kappa shape index (κ3) is 3.49. The Morgan fingerprint density at radius 2 is 1.83 bits per heavy atom. The van der Waals surface area contributed by atoms with Gasteiger partial charge in [0.1, 0.15) is 0 Å². The van der Waals surface area contributed by atoms with Crippen LogP contribution in [0.25, 0.3) is 0 Å². The smallest absolute Gasteiger partial charge is 0.242 e. The Labute approximate surface area is 110 Å². The molecule has 0 fully saturated rings. The van der Waals surface area contributed by atoms with Crippen molar-refractivity contribution in [2.75, 3.05) is 25.5 Å². The topological polar surface area (TPSA) is 23.6 Å². The summed E-state index contributed by atoms with van der Waals surface area (Å²) < 4.78 is 0. The van der Waals surface area contributed by atoms with Crippen LogP contribution in [0.15, 0.2) is 18.2 Å². The van der Waals surface area contributed by atoms with Crippen LogP contribution in [0.1, 0.15) is 25.0 Å². The molecule has 1 aromatic rings. The monoisotopic (exact) mass is 248 g/mol. The molecule has 0 aliphatic rings. The van der Waals surface area contributed by atoms with Gasteiger partial charge in [-0.05, 0) is 39.3 Å². The summed E-state index contributed by atoms with van der Waals surface area (Å²) in [4.78, 5) is 15.8. The SMILES string of the molecule is Cc1ccc(N(C)CC(=O)N(C)C(C)C)c(C)c1. The van der Waals surface area contributed by atoms with Crippen LogP contribution < -0.4 is 4.90 Å². The second-order valence-corrected chi connectivity index (χ2v) is 5.24. The molecule has 0 N–H and O–H groups in total. The first-order chi connectivity index (χ1) is 8.32. The molecule has 0 radical (unpaired) electrons. The molecule has 0 aromatic heterocycles. The van der Waals surface area contributed by atoms with Gasteiger partial charge in [-0.1, -0.05) is 17.7 Å². The second kappa shape index (κ2) is 5.89.